The zero-order valence-corrected chi connectivity index (χ0v) is 19.2. The Bertz CT molecular complexity index is 794. The number of thiol groups is 1. The van der Waals surface area contributed by atoms with E-state index < -0.39 is 29.7 Å². The third-order valence-corrected chi connectivity index (χ3v) is 4.34. The number of nitrogens with zero attached hydrogens (tertiary/aromatic N) is 1. The smallest absolute Gasteiger partial charge is 0.408 e. The van der Waals surface area contributed by atoms with Crippen LogP contribution in [0.2, 0.25) is 0 Å². The van der Waals surface area contributed by atoms with Gasteiger partial charge in [-0.2, -0.15) is 12.6 Å². The standard InChI is InChI=1S/C22H31N3O4S/c1-8-15-9-11-16(12-10-15)18(19(26)23-14(2)3)25(7)20(27)17(13-30)24-21(28)29-22(4,5)6/h1,9-12,14,17-18,30H,13H2,2-7H3,(H,23,26)(H,24,28). The number of ether oxygens (including phenoxy) is 1. The highest BCUT2D eigenvalue weighted by Gasteiger charge is 2.33. The predicted octanol–water partition coefficient (Wildman–Crippen LogP) is 2.52. The first-order valence-corrected chi connectivity index (χ1v) is 10.3. The van der Waals surface area contributed by atoms with Crippen molar-refractivity contribution >= 4 is 30.5 Å². The van der Waals surface area contributed by atoms with Crippen molar-refractivity contribution in [3.05, 3.63) is 35.4 Å². The minimum absolute atomic E-state index is 0.0387. The molecule has 8 heteroatoms. The molecule has 0 heterocycles. The maximum absolute atomic E-state index is 13.1. The van der Waals surface area contributed by atoms with Crippen molar-refractivity contribution < 1.29 is 19.1 Å². The number of hydrogen-bond donors (Lipinski definition) is 3. The van der Waals surface area contributed by atoms with Crippen LogP contribution in [0, 0.1) is 12.3 Å². The molecule has 0 aromatic heterocycles. The molecule has 7 nitrogen and oxygen atoms in total. The highest BCUT2D eigenvalue weighted by molar-refractivity contribution is 7.80. The van der Waals surface area contributed by atoms with Crippen LogP contribution in [0.5, 0.6) is 0 Å². The lowest BCUT2D eigenvalue weighted by atomic mass is 10.0. The van der Waals surface area contributed by atoms with Gasteiger partial charge in [-0.25, -0.2) is 4.79 Å². The normalized spacial score (nSPS) is 13.0. The van der Waals surface area contributed by atoms with Gasteiger partial charge in [-0.15, -0.1) is 6.42 Å². The Morgan fingerprint density at radius 2 is 1.73 bits per heavy atom. The van der Waals surface area contributed by atoms with Crippen molar-refractivity contribution in [3.63, 3.8) is 0 Å². The Kier molecular flexibility index (Phi) is 9.24. The van der Waals surface area contributed by atoms with E-state index in [4.69, 9.17) is 11.2 Å². The van der Waals surface area contributed by atoms with Crippen molar-refractivity contribution in [2.24, 2.45) is 0 Å². The molecular weight excluding hydrogens is 402 g/mol. The lowest BCUT2D eigenvalue weighted by molar-refractivity contribution is -0.140. The predicted molar refractivity (Wildman–Crippen MR) is 120 cm³/mol. The molecule has 0 aliphatic heterocycles. The Balaban J connectivity index is 3.14. The molecule has 0 saturated heterocycles. The first kappa shape index (κ1) is 25.4. The molecule has 3 amide bonds. The van der Waals surface area contributed by atoms with E-state index in [1.54, 1.807) is 45.0 Å². The summed E-state index contributed by atoms with van der Waals surface area (Å²) in [7, 11) is 1.51. The molecule has 30 heavy (non-hydrogen) atoms. The quantitative estimate of drug-likeness (QED) is 0.455. The SMILES string of the molecule is C#Cc1ccc(C(C(=O)NC(C)C)N(C)C(=O)C(CS)NC(=O)OC(C)(C)C)cc1. The fraction of sp³-hybridized carbons (Fsp3) is 0.500. The molecule has 0 saturated carbocycles. The summed E-state index contributed by atoms with van der Waals surface area (Å²) in [5, 5.41) is 5.35. The largest absolute Gasteiger partial charge is 0.444 e. The van der Waals surface area contributed by atoms with Gasteiger partial charge in [0, 0.05) is 24.4 Å². The van der Waals surface area contributed by atoms with Gasteiger partial charge in [-0.3, -0.25) is 9.59 Å². The third-order valence-electron chi connectivity index (χ3n) is 3.98. The summed E-state index contributed by atoms with van der Waals surface area (Å²) in [6.07, 6.45) is 4.67. The van der Waals surface area contributed by atoms with E-state index in [0.717, 1.165) is 0 Å². The van der Waals surface area contributed by atoms with Crippen LogP contribution in [-0.4, -0.2) is 53.3 Å². The van der Waals surface area contributed by atoms with Crippen LogP contribution in [0.15, 0.2) is 24.3 Å². The fourth-order valence-corrected chi connectivity index (χ4v) is 2.93. The zero-order valence-electron chi connectivity index (χ0n) is 18.4. The zero-order chi connectivity index (χ0) is 23.1. The average molecular weight is 434 g/mol. The highest BCUT2D eigenvalue weighted by atomic mass is 32.1. The van der Waals surface area contributed by atoms with E-state index in [1.165, 1.54) is 11.9 Å². The number of benzene rings is 1. The van der Waals surface area contributed by atoms with E-state index in [9.17, 15) is 14.4 Å². The second kappa shape index (κ2) is 10.9. The van der Waals surface area contributed by atoms with Gasteiger partial charge in [0.25, 0.3) is 0 Å². The van der Waals surface area contributed by atoms with Crippen LogP contribution in [0.25, 0.3) is 0 Å². The Morgan fingerprint density at radius 1 is 1.17 bits per heavy atom. The molecule has 2 unspecified atom stereocenters. The van der Waals surface area contributed by atoms with Gasteiger partial charge in [0.2, 0.25) is 11.8 Å². The van der Waals surface area contributed by atoms with E-state index in [0.29, 0.717) is 11.1 Å². The second-order valence-corrected chi connectivity index (χ2v) is 8.53. The number of terminal acetylenes is 1. The molecule has 1 rings (SSSR count). The number of rotatable bonds is 7. The molecular formula is C22H31N3O4S. The lowest BCUT2D eigenvalue weighted by Crippen LogP contribution is -2.52. The molecule has 1 aromatic carbocycles. The number of hydrogen-bond acceptors (Lipinski definition) is 5. The van der Waals surface area contributed by atoms with Gasteiger partial charge in [0.15, 0.2) is 0 Å². The highest BCUT2D eigenvalue weighted by Crippen LogP contribution is 2.22. The number of amides is 3. The van der Waals surface area contributed by atoms with Crippen LogP contribution >= 0.6 is 12.6 Å². The summed E-state index contributed by atoms with van der Waals surface area (Å²) in [6.45, 7) is 8.84. The van der Waals surface area contributed by atoms with Gasteiger partial charge in [-0.05, 0) is 52.3 Å². The summed E-state index contributed by atoms with van der Waals surface area (Å²) in [5.41, 5.74) is 0.548. The van der Waals surface area contributed by atoms with Crippen LogP contribution in [0.1, 0.15) is 51.8 Å². The maximum Gasteiger partial charge on any atom is 0.408 e. The first-order valence-electron chi connectivity index (χ1n) is 9.63. The van der Waals surface area contributed by atoms with E-state index >= 15 is 0 Å². The number of carbonyl (C=O) groups excluding carboxylic acids is 3. The third kappa shape index (κ3) is 7.64. The fourth-order valence-electron chi connectivity index (χ4n) is 2.68. The topological polar surface area (TPSA) is 87.7 Å². The molecule has 164 valence electrons. The van der Waals surface area contributed by atoms with Crippen molar-refractivity contribution in [2.45, 2.75) is 58.3 Å². The minimum atomic E-state index is -0.965. The van der Waals surface area contributed by atoms with Gasteiger partial charge >= 0.3 is 6.09 Å². The van der Waals surface area contributed by atoms with E-state index in [2.05, 4.69) is 29.2 Å². The minimum Gasteiger partial charge on any atom is -0.444 e. The Morgan fingerprint density at radius 3 is 2.17 bits per heavy atom. The van der Waals surface area contributed by atoms with Crippen LogP contribution < -0.4 is 10.6 Å². The van der Waals surface area contributed by atoms with Crippen LogP contribution in [-0.2, 0) is 14.3 Å². The number of nitrogens with one attached hydrogen (secondary N) is 2. The first-order chi connectivity index (χ1) is 13.9. The second-order valence-electron chi connectivity index (χ2n) is 8.16. The molecule has 0 spiro atoms. The maximum atomic E-state index is 13.1. The monoisotopic (exact) mass is 433 g/mol. The van der Waals surface area contributed by atoms with Crippen molar-refractivity contribution in [1.29, 1.82) is 0 Å². The van der Waals surface area contributed by atoms with Gasteiger partial charge in [-0.1, -0.05) is 18.1 Å². The van der Waals surface area contributed by atoms with Gasteiger partial charge < -0.3 is 20.3 Å². The molecule has 2 N–H and O–H groups in total. The number of alkyl carbamates (subject to hydrolysis) is 1. The molecule has 2 atom stereocenters. The summed E-state index contributed by atoms with van der Waals surface area (Å²) < 4.78 is 5.22. The summed E-state index contributed by atoms with van der Waals surface area (Å²) in [4.78, 5) is 39.4. The van der Waals surface area contributed by atoms with Gasteiger partial charge in [0.05, 0.1) is 0 Å². The molecule has 0 radical (unpaired) electrons. The lowest BCUT2D eigenvalue weighted by Gasteiger charge is -2.31. The average Bonchev–Trinajstić information content (AvgIpc) is 2.64. The van der Waals surface area contributed by atoms with Crippen molar-refractivity contribution in [3.8, 4) is 12.3 Å². The van der Waals surface area contributed by atoms with Crippen molar-refractivity contribution in [1.82, 2.24) is 15.5 Å². The number of carbonyl (C=O) groups is 3. The number of likely N-dealkylation sites (N-methyl/N-ethyl adjacent to an activating group) is 1. The van der Waals surface area contributed by atoms with Crippen LogP contribution in [0.4, 0.5) is 4.79 Å². The van der Waals surface area contributed by atoms with E-state index in [1.807, 2.05) is 13.8 Å². The summed E-state index contributed by atoms with van der Waals surface area (Å²) in [6, 6.07) is 4.84. The summed E-state index contributed by atoms with van der Waals surface area (Å²) >= 11 is 4.18. The molecule has 0 aliphatic rings. The molecule has 0 aliphatic carbocycles. The van der Waals surface area contributed by atoms with E-state index in [-0.39, 0.29) is 17.7 Å². The van der Waals surface area contributed by atoms with Gasteiger partial charge in [0.1, 0.15) is 17.7 Å². The summed E-state index contributed by atoms with van der Waals surface area (Å²) in [5.74, 6) is 1.75. The molecule has 0 bridgehead atoms. The molecule has 1 aromatic rings. The Labute approximate surface area is 184 Å². The van der Waals surface area contributed by atoms with Crippen LogP contribution in [0.3, 0.4) is 0 Å². The molecule has 0 fully saturated rings. The van der Waals surface area contributed by atoms with Crippen molar-refractivity contribution in [2.75, 3.05) is 12.8 Å². The Hall–Kier alpha value is -2.66.